The van der Waals surface area contributed by atoms with E-state index < -0.39 is 0 Å². The highest BCUT2D eigenvalue weighted by atomic mass is 32.1. The molecule has 0 radical (unpaired) electrons. The number of aromatic nitrogens is 3. The molecule has 20 rings (SSSR count). The van der Waals surface area contributed by atoms with Crippen LogP contribution in [-0.2, 0) is 0 Å². The Morgan fingerprint density at radius 1 is 0.211 bits per heavy atom. The summed E-state index contributed by atoms with van der Waals surface area (Å²) in [5.41, 5.74) is 21.5. The fourth-order valence-corrected chi connectivity index (χ4v) is 18.3. The van der Waals surface area contributed by atoms with Gasteiger partial charge in [-0.3, -0.25) is 4.57 Å². The predicted molar refractivity (Wildman–Crippen MR) is 410 cm³/mol. The van der Waals surface area contributed by atoms with Gasteiger partial charge in [-0.1, -0.05) is 200 Å². The van der Waals surface area contributed by atoms with Gasteiger partial charge >= 0.3 is 0 Å². The van der Waals surface area contributed by atoms with Crippen molar-refractivity contribution in [3.8, 4) is 89.5 Å². The van der Waals surface area contributed by atoms with Gasteiger partial charge < -0.3 is 4.57 Å². The zero-order valence-electron chi connectivity index (χ0n) is 51.2. The van der Waals surface area contributed by atoms with Gasteiger partial charge in [-0.05, 0) is 188 Å². The van der Waals surface area contributed by atoms with Gasteiger partial charge in [-0.2, -0.15) is 0 Å². The third kappa shape index (κ3) is 8.87. The zero-order valence-corrected chi connectivity index (χ0v) is 53.6. The van der Waals surface area contributed by atoms with Crippen molar-refractivity contribution in [1.82, 2.24) is 14.1 Å². The fourth-order valence-electron chi connectivity index (χ4n) is 15.0. The third-order valence-electron chi connectivity index (χ3n) is 19.5. The van der Waals surface area contributed by atoms with E-state index in [1.807, 2.05) is 34.0 Å². The molecule has 6 heteroatoms. The molecule has 6 heterocycles. The van der Waals surface area contributed by atoms with Crippen LogP contribution in [0.25, 0.3) is 194 Å². The summed E-state index contributed by atoms with van der Waals surface area (Å²) in [6.07, 6.45) is 0. The van der Waals surface area contributed by atoms with Crippen LogP contribution in [0, 0.1) is 0 Å². The maximum absolute atomic E-state index is 5.77. The van der Waals surface area contributed by atoms with Gasteiger partial charge in [0.1, 0.15) is 5.82 Å². The predicted octanol–water partition coefficient (Wildman–Crippen LogP) is 26.0. The first-order chi connectivity index (χ1) is 47.0. The van der Waals surface area contributed by atoms with E-state index >= 15 is 0 Å². The van der Waals surface area contributed by atoms with Crippen molar-refractivity contribution in [2.45, 2.75) is 0 Å². The summed E-state index contributed by atoms with van der Waals surface area (Å²) in [6, 6.07) is 120. The number of pyridine rings is 1. The van der Waals surface area contributed by atoms with Gasteiger partial charge in [-0.15, -0.1) is 34.0 Å². The van der Waals surface area contributed by atoms with Crippen LogP contribution >= 0.6 is 34.0 Å². The van der Waals surface area contributed by atoms with Crippen molar-refractivity contribution in [3.63, 3.8) is 0 Å². The molecule has 0 aliphatic carbocycles. The first-order valence-corrected chi connectivity index (χ1v) is 34.7. The van der Waals surface area contributed by atoms with E-state index in [2.05, 4.69) is 331 Å². The maximum Gasteiger partial charge on any atom is 0.138 e. The molecule has 442 valence electrons. The largest absolute Gasteiger partial charge is 0.309 e. The monoisotopic (exact) mass is 1260 g/mol. The van der Waals surface area contributed by atoms with Crippen LogP contribution in [0.1, 0.15) is 0 Å². The summed E-state index contributed by atoms with van der Waals surface area (Å²) in [5.74, 6) is 0.859. The lowest BCUT2D eigenvalue weighted by Gasteiger charge is -2.15. The Labute approximate surface area is 559 Å². The second kappa shape index (κ2) is 21.5. The van der Waals surface area contributed by atoms with Gasteiger partial charge in [0.05, 0.1) is 27.8 Å². The summed E-state index contributed by atoms with van der Waals surface area (Å²) in [7, 11) is 0. The lowest BCUT2D eigenvalue weighted by atomic mass is 9.94. The minimum Gasteiger partial charge on any atom is -0.309 e. The van der Waals surface area contributed by atoms with Crippen LogP contribution in [0.4, 0.5) is 0 Å². The molecule has 14 aromatic carbocycles. The van der Waals surface area contributed by atoms with Crippen molar-refractivity contribution >= 4 is 138 Å². The molecule has 3 nitrogen and oxygen atoms in total. The molecule has 0 bridgehead atoms. The number of benzene rings is 14. The van der Waals surface area contributed by atoms with Gasteiger partial charge in [-0.25, -0.2) is 4.98 Å². The summed E-state index contributed by atoms with van der Waals surface area (Å²) in [4.78, 5) is 5.77. The summed E-state index contributed by atoms with van der Waals surface area (Å²) >= 11 is 5.57. The summed E-state index contributed by atoms with van der Waals surface area (Å²) in [6.45, 7) is 0. The van der Waals surface area contributed by atoms with Gasteiger partial charge in [0.15, 0.2) is 0 Å². The van der Waals surface area contributed by atoms with E-state index in [1.54, 1.807) is 0 Å². The van der Waals surface area contributed by atoms with Crippen LogP contribution in [0.3, 0.4) is 0 Å². The molecule has 0 saturated heterocycles. The average Bonchev–Trinajstić information content (AvgIpc) is 1.54. The van der Waals surface area contributed by atoms with Crippen molar-refractivity contribution in [1.29, 1.82) is 0 Å². The number of hydrogen-bond acceptors (Lipinski definition) is 4. The zero-order chi connectivity index (χ0) is 62.2. The van der Waals surface area contributed by atoms with Crippen molar-refractivity contribution in [3.05, 3.63) is 322 Å². The Balaban J connectivity index is 0.873. The topological polar surface area (TPSA) is 22.8 Å². The first-order valence-electron chi connectivity index (χ1n) is 32.3. The first kappa shape index (κ1) is 54.1. The van der Waals surface area contributed by atoms with E-state index in [4.69, 9.17) is 4.98 Å². The molecule has 0 unspecified atom stereocenters. The van der Waals surface area contributed by atoms with Crippen LogP contribution in [0.5, 0.6) is 0 Å². The second-order valence-electron chi connectivity index (χ2n) is 25.0. The highest BCUT2D eigenvalue weighted by molar-refractivity contribution is 7.26. The highest BCUT2D eigenvalue weighted by Gasteiger charge is 2.25. The standard InChI is InChI=1S/C89H53N3S3/c1-3-16-54(17-4-1)56-20-13-22-58(44-56)65-46-66(59-23-14-21-57(45-59)55-18-5-2-6-19-55)48-67(47-65)91-79-40-34-61(63-32-37-71-68-24-7-10-28-81(68)95-86(71)53-63)51-76(79)88-80(91)41-38-72-73-49-60(62-35-42-84-74(50-62)69-25-8-11-29-82(69)93-84)33-39-78(73)92(89(72)88)87-31-15-27-77(90-87)64-36-43-85-75(52-64)70-26-9-12-30-83(70)94-85/h1-53H. The van der Waals surface area contributed by atoms with E-state index in [9.17, 15) is 0 Å². The molecule has 0 aliphatic rings. The van der Waals surface area contributed by atoms with Crippen LogP contribution in [0.15, 0.2) is 322 Å². The van der Waals surface area contributed by atoms with E-state index in [0.29, 0.717) is 0 Å². The Morgan fingerprint density at radius 3 is 1.23 bits per heavy atom. The lowest BCUT2D eigenvalue weighted by molar-refractivity contribution is 1.09. The molecule has 0 amide bonds. The Morgan fingerprint density at radius 2 is 0.611 bits per heavy atom. The second-order valence-corrected chi connectivity index (χ2v) is 28.2. The summed E-state index contributed by atoms with van der Waals surface area (Å²) < 4.78 is 12.8. The van der Waals surface area contributed by atoms with E-state index in [-0.39, 0.29) is 0 Å². The number of hydrogen-bond donors (Lipinski definition) is 0. The molecule has 0 saturated carbocycles. The number of nitrogens with zero attached hydrogens (tertiary/aromatic N) is 3. The quantitative estimate of drug-likeness (QED) is 0.141. The van der Waals surface area contributed by atoms with Crippen LogP contribution in [0.2, 0.25) is 0 Å². The molecule has 0 atom stereocenters. The van der Waals surface area contributed by atoms with E-state index in [1.165, 1.54) is 105 Å². The SMILES string of the molecule is c1ccc(-c2cccc(-c3cc(-c4cccc(-c5ccccc5)c4)cc(-n4c5ccc(-c6ccc7c(c6)sc6ccccc67)cc5c5c4ccc4c6cc(-c7ccc8sc9ccccc9c8c7)ccc6n(-c6cccc(-c7ccc8sc9ccccc9c8c7)n6)c45)c3)c2)cc1. The van der Waals surface area contributed by atoms with Gasteiger partial charge in [0, 0.05) is 93.3 Å². The molecule has 6 aromatic heterocycles. The number of rotatable bonds is 9. The van der Waals surface area contributed by atoms with Gasteiger partial charge in [0.2, 0.25) is 0 Å². The molecule has 0 fully saturated rings. The van der Waals surface area contributed by atoms with Crippen molar-refractivity contribution in [2.75, 3.05) is 0 Å². The number of thiophene rings is 3. The Bertz CT molecular complexity index is 6430. The minimum absolute atomic E-state index is 0.859. The normalized spacial score (nSPS) is 12.0. The molecule has 0 N–H and O–H groups in total. The summed E-state index contributed by atoms with van der Waals surface area (Å²) in [5, 5.41) is 12.4. The average molecular weight is 1260 g/mol. The molecular formula is C89H53N3S3. The molecular weight excluding hydrogens is 1210 g/mol. The highest BCUT2D eigenvalue weighted by Crippen LogP contribution is 2.47. The smallest absolute Gasteiger partial charge is 0.138 e. The minimum atomic E-state index is 0.859. The van der Waals surface area contributed by atoms with Gasteiger partial charge in [0.25, 0.3) is 0 Å². The molecule has 0 aliphatic heterocycles. The number of fused-ring (bicyclic) bond motifs is 16. The van der Waals surface area contributed by atoms with Crippen LogP contribution < -0.4 is 0 Å². The Kier molecular flexibility index (Phi) is 12.3. The molecule has 0 spiro atoms. The lowest BCUT2D eigenvalue weighted by Crippen LogP contribution is -1.99. The van der Waals surface area contributed by atoms with Crippen LogP contribution in [-0.4, -0.2) is 14.1 Å². The van der Waals surface area contributed by atoms with Crippen molar-refractivity contribution < 1.29 is 0 Å². The fraction of sp³-hybridized carbons (Fsp3) is 0. The third-order valence-corrected chi connectivity index (χ3v) is 22.9. The maximum atomic E-state index is 5.77. The molecule has 95 heavy (non-hydrogen) atoms. The van der Waals surface area contributed by atoms with Crippen molar-refractivity contribution in [2.24, 2.45) is 0 Å². The molecule has 20 aromatic rings. The Hall–Kier alpha value is -11.5. The van der Waals surface area contributed by atoms with E-state index in [0.717, 1.165) is 88.8 Å².